The lowest BCUT2D eigenvalue weighted by Gasteiger charge is -2.37. The Morgan fingerprint density at radius 2 is 1.76 bits per heavy atom. The topological polar surface area (TPSA) is 94.9 Å². The quantitative estimate of drug-likeness (QED) is 0.801. The average molecular weight is 400 g/mol. The molecule has 1 unspecified atom stereocenters. The fourth-order valence-corrected chi connectivity index (χ4v) is 3.28. The molecule has 29 heavy (non-hydrogen) atoms. The van der Waals surface area contributed by atoms with Gasteiger partial charge in [0, 0.05) is 38.1 Å². The Bertz CT molecular complexity index is 851. The number of urea groups is 1. The van der Waals surface area contributed by atoms with Crippen LogP contribution in [-0.4, -0.2) is 66.4 Å². The monoisotopic (exact) mass is 400 g/mol. The number of rotatable bonds is 5. The Hall–Kier alpha value is -2.87. The fourth-order valence-electron chi connectivity index (χ4n) is 3.28. The molecule has 1 aliphatic heterocycles. The molecule has 2 N–H and O–H groups in total. The summed E-state index contributed by atoms with van der Waals surface area (Å²) in [4.78, 5) is 40.5. The van der Waals surface area contributed by atoms with Crippen molar-refractivity contribution in [1.82, 2.24) is 20.4 Å². The Balaban J connectivity index is 1.50. The molecule has 2 heterocycles. The van der Waals surface area contributed by atoms with Crippen molar-refractivity contribution in [2.45, 2.75) is 26.8 Å². The molecular weight excluding hydrogens is 372 g/mol. The number of amides is 4. The van der Waals surface area contributed by atoms with E-state index in [9.17, 15) is 14.4 Å². The predicted octanol–water partition coefficient (Wildman–Crippen LogP) is 2.06. The minimum Gasteiger partial charge on any atom is -0.451 e. The van der Waals surface area contributed by atoms with Crippen LogP contribution in [0, 0.1) is 5.92 Å². The smallest absolute Gasteiger partial charge is 0.321 e. The van der Waals surface area contributed by atoms with Crippen molar-refractivity contribution in [3.05, 3.63) is 36.1 Å². The van der Waals surface area contributed by atoms with E-state index in [1.54, 1.807) is 17.9 Å². The van der Waals surface area contributed by atoms with Crippen LogP contribution < -0.4 is 10.6 Å². The molecule has 1 aromatic carbocycles. The number of piperazine rings is 1. The minimum atomic E-state index is -0.478. The third-order valence-corrected chi connectivity index (χ3v) is 5.07. The van der Waals surface area contributed by atoms with Crippen LogP contribution >= 0.6 is 0 Å². The average Bonchev–Trinajstić information content (AvgIpc) is 3.15. The standard InChI is InChI=1S/C21H28N4O4/c1-14(2)13-22-21(28)23-19(26)15(3)24-8-10-25(11-9-24)20(27)18-12-16-6-4-5-7-17(16)29-18/h4-7,12,14-15H,8-11,13H2,1-3H3,(H2,22,23,26,28). The molecule has 0 aliphatic carbocycles. The highest BCUT2D eigenvalue weighted by Gasteiger charge is 2.29. The van der Waals surface area contributed by atoms with Crippen LogP contribution in [0.25, 0.3) is 11.0 Å². The molecule has 1 atom stereocenters. The van der Waals surface area contributed by atoms with E-state index in [0.717, 1.165) is 5.39 Å². The first kappa shape index (κ1) is 20.9. The minimum absolute atomic E-state index is 0.147. The van der Waals surface area contributed by atoms with Gasteiger partial charge in [-0.2, -0.15) is 0 Å². The molecule has 0 saturated carbocycles. The molecule has 1 aromatic heterocycles. The number of hydrogen-bond donors (Lipinski definition) is 2. The SMILES string of the molecule is CC(C)CNC(=O)NC(=O)C(C)N1CCN(C(=O)c2cc3ccccc3o2)CC1. The highest BCUT2D eigenvalue weighted by molar-refractivity contribution is 5.97. The Labute approximate surface area is 170 Å². The zero-order chi connectivity index (χ0) is 21.0. The number of hydrogen-bond acceptors (Lipinski definition) is 5. The van der Waals surface area contributed by atoms with Gasteiger partial charge in [0.15, 0.2) is 5.76 Å². The second-order valence-corrected chi connectivity index (χ2v) is 7.75. The van der Waals surface area contributed by atoms with Gasteiger partial charge >= 0.3 is 6.03 Å². The number of carbonyl (C=O) groups excluding carboxylic acids is 3. The van der Waals surface area contributed by atoms with Crippen molar-refractivity contribution in [2.24, 2.45) is 5.92 Å². The van der Waals surface area contributed by atoms with Crippen molar-refractivity contribution in [2.75, 3.05) is 32.7 Å². The highest BCUT2D eigenvalue weighted by Crippen LogP contribution is 2.20. The lowest BCUT2D eigenvalue weighted by molar-refractivity contribution is -0.125. The summed E-state index contributed by atoms with van der Waals surface area (Å²) in [6, 6.07) is 8.34. The first-order chi connectivity index (χ1) is 13.8. The third-order valence-electron chi connectivity index (χ3n) is 5.07. The molecule has 1 fully saturated rings. The number of imide groups is 1. The number of fused-ring (bicyclic) bond motifs is 1. The maximum atomic E-state index is 12.7. The summed E-state index contributed by atoms with van der Waals surface area (Å²) in [5.41, 5.74) is 0.690. The van der Waals surface area contributed by atoms with E-state index in [1.165, 1.54) is 0 Å². The molecule has 3 rings (SSSR count). The molecule has 2 aromatic rings. The van der Waals surface area contributed by atoms with E-state index in [0.29, 0.717) is 50.0 Å². The molecule has 8 heteroatoms. The van der Waals surface area contributed by atoms with Crippen molar-refractivity contribution < 1.29 is 18.8 Å². The molecule has 4 amide bonds. The van der Waals surface area contributed by atoms with Gasteiger partial charge in [-0.25, -0.2) is 4.79 Å². The lowest BCUT2D eigenvalue weighted by atomic mass is 10.2. The van der Waals surface area contributed by atoms with Gasteiger partial charge in [0.25, 0.3) is 5.91 Å². The van der Waals surface area contributed by atoms with Crippen molar-refractivity contribution in [3.8, 4) is 0 Å². The summed E-state index contributed by atoms with van der Waals surface area (Å²) < 4.78 is 5.67. The van der Waals surface area contributed by atoms with E-state index < -0.39 is 12.1 Å². The Kier molecular flexibility index (Phi) is 6.53. The van der Waals surface area contributed by atoms with Crippen LogP contribution in [0.3, 0.4) is 0 Å². The van der Waals surface area contributed by atoms with Crippen LogP contribution in [0.2, 0.25) is 0 Å². The maximum Gasteiger partial charge on any atom is 0.321 e. The summed E-state index contributed by atoms with van der Waals surface area (Å²) in [6.45, 7) is 8.33. The molecule has 1 saturated heterocycles. The largest absolute Gasteiger partial charge is 0.451 e. The second-order valence-electron chi connectivity index (χ2n) is 7.75. The van der Waals surface area contributed by atoms with Crippen molar-refractivity contribution in [3.63, 3.8) is 0 Å². The highest BCUT2D eigenvalue weighted by atomic mass is 16.3. The van der Waals surface area contributed by atoms with Gasteiger partial charge in [-0.15, -0.1) is 0 Å². The van der Waals surface area contributed by atoms with Gasteiger partial charge in [-0.3, -0.25) is 19.8 Å². The molecular formula is C21H28N4O4. The third kappa shape index (κ3) is 5.14. The zero-order valence-corrected chi connectivity index (χ0v) is 17.1. The van der Waals surface area contributed by atoms with Crippen LogP contribution in [0.4, 0.5) is 4.79 Å². The summed E-state index contributed by atoms with van der Waals surface area (Å²) in [6.07, 6.45) is 0. The number of para-hydroxylation sites is 1. The molecule has 0 radical (unpaired) electrons. The van der Waals surface area contributed by atoms with Crippen LogP contribution in [0.5, 0.6) is 0 Å². The van der Waals surface area contributed by atoms with E-state index in [4.69, 9.17) is 4.42 Å². The van der Waals surface area contributed by atoms with E-state index in [-0.39, 0.29) is 11.8 Å². The number of nitrogens with zero attached hydrogens (tertiary/aromatic N) is 2. The molecule has 1 aliphatic rings. The van der Waals surface area contributed by atoms with E-state index in [1.807, 2.05) is 43.0 Å². The van der Waals surface area contributed by atoms with Gasteiger partial charge in [0.05, 0.1) is 6.04 Å². The molecule has 156 valence electrons. The first-order valence-corrected chi connectivity index (χ1v) is 9.95. The van der Waals surface area contributed by atoms with Crippen LogP contribution in [0.15, 0.2) is 34.7 Å². The van der Waals surface area contributed by atoms with E-state index >= 15 is 0 Å². The maximum absolute atomic E-state index is 12.7. The number of nitrogens with one attached hydrogen (secondary N) is 2. The van der Waals surface area contributed by atoms with Crippen molar-refractivity contribution >= 4 is 28.8 Å². The Morgan fingerprint density at radius 1 is 1.07 bits per heavy atom. The fraction of sp³-hybridized carbons (Fsp3) is 0.476. The predicted molar refractivity (Wildman–Crippen MR) is 110 cm³/mol. The van der Waals surface area contributed by atoms with Gasteiger partial charge in [-0.05, 0) is 25.0 Å². The zero-order valence-electron chi connectivity index (χ0n) is 17.1. The summed E-state index contributed by atoms with van der Waals surface area (Å²) in [7, 11) is 0. The summed E-state index contributed by atoms with van der Waals surface area (Å²) in [5, 5.41) is 5.95. The molecule has 0 bridgehead atoms. The van der Waals surface area contributed by atoms with Gasteiger partial charge in [0.2, 0.25) is 5.91 Å². The molecule has 0 spiro atoms. The normalized spacial score (nSPS) is 16.1. The first-order valence-electron chi connectivity index (χ1n) is 9.95. The number of benzene rings is 1. The summed E-state index contributed by atoms with van der Waals surface area (Å²) in [5.74, 6) is 0.146. The van der Waals surface area contributed by atoms with E-state index in [2.05, 4.69) is 10.6 Å². The van der Waals surface area contributed by atoms with Gasteiger partial charge < -0.3 is 14.6 Å². The van der Waals surface area contributed by atoms with Gasteiger partial charge in [0.1, 0.15) is 5.58 Å². The molecule has 8 nitrogen and oxygen atoms in total. The Morgan fingerprint density at radius 3 is 2.41 bits per heavy atom. The van der Waals surface area contributed by atoms with Crippen molar-refractivity contribution in [1.29, 1.82) is 0 Å². The second kappa shape index (κ2) is 9.09. The number of carbonyl (C=O) groups is 3. The van der Waals surface area contributed by atoms with Gasteiger partial charge in [-0.1, -0.05) is 32.0 Å². The van der Waals surface area contributed by atoms with Crippen LogP contribution in [0.1, 0.15) is 31.3 Å². The van der Waals surface area contributed by atoms with Crippen LogP contribution in [-0.2, 0) is 4.79 Å². The summed E-state index contributed by atoms with van der Waals surface area (Å²) >= 11 is 0. The number of furan rings is 1. The lowest BCUT2D eigenvalue weighted by Crippen LogP contribution is -2.56.